The molecular weight excluding hydrogens is 176 g/mol. The second-order valence-electron chi connectivity index (χ2n) is 4.99. The third-order valence-corrected chi connectivity index (χ3v) is 4.03. The first kappa shape index (κ1) is 8.54. The van der Waals surface area contributed by atoms with Crippen LogP contribution in [0.3, 0.4) is 0 Å². The zero-order chi connectivity index (χ0) is 9.60. The molecule has 76 valence electrons. The second kappa shape index (κ2) is 2.86. The number of hydrogen-bond acceptors (Lipinski definition) is 2. The standard InChI is InChI=1S/C12H16O2/c13-12(7-10-3-4-14-8-10)6-9-1-2-11(12)5-9/h3-4,8-9,11,13H,1-2,5-7H2. The van der Waals surface area contributed by atoms with Gasteiger partial charge in [0.2, 0.25) is 0 Å². The maximum atomic E-state index is 10.5. The molecule has 0 aromatic carbocycles. The molecule has 0 saturated heterocycles. The first-order chi connectivity index (χ1) is 6.76. The monoisotopic (exact) mass is 192 g/mol. The second-order valence-corrected chi connectivity index (χ2v) is 4.99. The predicted octanol–water partition coefficient (Wildman–Crippen LogP) is 2.37. The van der Waals surface area contributed by atoms with E-state index in [2.05, 4.69) is 0 Å². The van der Waals surface area contributed by atoms with E-state index in [9.17, 15) is 5.11 Å². The van der Waals surface area contributed by atoms with Crippen molar-refractivity contribution >= 4 is 0 Å². The topological polar surface area (TPSA) is 33.4 Å². The number of rotatable bonds is 2. The fourth-order valence-electron chi connectivity index (χ4n) is 3.38. The molecule has 3 unspecified atom stereocenters. The van der Waals surface area contributed by atoms with Gasteiger partial charge in [0, 0.05) is 6.42 Å². The van der Waals surface area contributed by atoms with E-state index in [1.165, 1.54) is 19.3 Å². The summed E-state index contributed by atoms with van der Waals surface area (Å²) in [5, 5.41) is 10.5. The summed E-state index contributed by atoms with van der Waals surface area (Å²) in [5.74, 6) is 1.33. The summed E-state index contributed by atoms with van der Waals surface area (Å²) in [4.78, 5) is 0. The molecule has 2 saturated carbocycles. The molecule has 2 fully saturated rings. The molecule has 2 heteroatoms. The smallest absolute Gasteiger partial charge is 0.0935 e. The predicted molar refractivity (Wildman–Crippen MR) is 52.8 cm³/mol. The van der Waals surface area contributed by atoms with E-state index < -0.39 is 5.60 Å². The van der Waals surface area contributed by atoms with Crippen molar-refractivity contribution in [2.75, 3.05) is 0 Å². The van der Waals surface area contributed by atoms with Crippen molar-refractivity contribution in [3.8, 4) is 0 Å². The first-order valence-corrected chi connectivity index (χ1v) is 5.50. The summed E-state index contributed by atoms with van der Waals surface area (Å²) in [6, 6.07) is 1.96. The first-order valence-electron chi connectivity index (χ1n) is 5.50. The number of furan rings is 1. The lowest BCUT2D eigenvalue weighted by atomic mass is 9.80. The van der Waals surface area contributed by atoms with Crippen molar-refractivity contribution in [1.29, 1.82) is 0 Å². The molecule has 14 heavy (non-hydrogen) atoms. The van der Waals surface area contributed by atoms with Crippen molar-refractivity contribution < 1.29 is 9.52 Å². The number of fused-ring (bicyclic) bond motifs is 2. The van der Waals surface area contributed by atoms with Gasteiger partial charge < -0.3 is 9.52 Å². The summed E-state index contributed by atoms with van der Waals surface area (Å²) >= 11 is 0. The van der Waals surface area contributed by atoms with Crippen LogP contribution in [0.25, 0.3) is 0 Å². The Morgan fingerprint density at radius 3 is 3.00 bits per heavy atom. The van der Waals surface area contributed by atoms with Crippen molar-refractivity contribution in [2.24, 2.45) is 11.8 Å². The number of hydrogen-bond donors (Lipinski definition) is 1. The normalized spacial score (nSPS) is 40.6. The molecule has 1 N–H and O–H groups in total. The quantitative estimate of drug-likeness (QED) is 0.780. The van der Waals surface area contributed by atoms with Crippen LogP contribution in [0, 0.1) is 11.8 Å². The van der Waals surface area contributed by atoms with Gasteiger partial charge in [-0.3, -0.25) is 0 Å². The van der Waals surface area contributed by atoms with Crippen LogP contribution >= 0.6 is 0 Å². The zero-order valence-electron chi connectivity index (χ0n) is 8.28. The Balaban J connectivity index is 1.78. The van der Waals surface area contributed by atoms with E-state index in [1.807, 2.05) is 6.07 Å². The highest BCUT2D eigenvalue weighted by Crippen LogP contribution is 2.51. The lowest BCUT2D eigenvalue weighted by molar-refractivity contribution is -0.0126. The Morgan fingerprint density at radius 2 is 2.43 bits per heavy atom. The minimum absolute atomic E-state index is 0.424. The van der Waals surface area contributed by atoms with E-state index in [4.69, 9.17) is 4.42 Å². The number of aliphatic hydroxyl groups is 1. The van der Waals surface area contributed by atoms with E-state index in [-0.39, 0.29) is 0 Å². The summed E-state index contributed by atoms with van der Waals surface area (Å²) in [6.45, 7) is 0. The van der Waals surface area contributed by atoms with Crippen LogP contribution in [-0.2, 0) is 6.42 Å². The van der Waals surface area contributed by atoms with Gasteiger partial charge in [-0.25, -0.2) is 0 Å². The molecular formula is C12H16O2. The minimum Gasteiger partial charge on any atom is -0.472 e. The molecule has 2 bridgehead atoms. The van der Waals surface area contributed by atoms with Crippen molar-refractivity contribution in [1.82, 2.24) is 0 Å². The highest BCUT2D eigenvalue weighted by molar-refractivity contribution is 5.13. The van der Waals surface area contributed by atoms with Crippen LogP contribution in [0.2, 0.25) is 0 Å². The summed E-state index contributed by atoms with van der Waals surface area (Å²) in [5.41, 5.74) is 0.715. The van der Waals surface area contributed by atoms with Gasteiger partial charge in [0.15, 0.2) is 0 Å². The SMILES string of the molecule is OC1(Cc2ccoc2)CC2CCC1C2. The molecule has 3 atom stereocenters. The Morgan fingerprint density at radius 1 is 1.50 bits per heavy atom. The minimum atomic E-state index is -0.424. The molecule has 0 spiro atoms. The summed E-state index contributed by atoms with van der Waals surface area (Å²) in [7, 11) is 0. The molecule has 2 aliphatic carbocycles. The zero-order valence-corrected chi connectivity index (χ0v) is 8.28. The molecule has 2 nitrogen and oxygen atoms in total. The molecule has 1 aromatic heterocycles. The van der Waals surface area contributed by atoms with Crippen LogP contribution in [0.5, 0.6) is 0 Å². The molecule has 1 heterocycles. The fourth-order valence-corrected chi connectivity index (χ4v) is 3.38. The van der Waals surface area contributed by atoms with E-state index >= 15 is 0 Å². The van der Waals surface area contributed by atoms with Gasteiger partial charge in [-0.05, 0) is 49.1 Å². The average Bonchev–Trinajstić information content (AvgIpc) is 2.78. The molecule has 0 radical (unpaired) electrons. The van der Waals surface area contributed by atoms with Gasteiger partial charge in [-0.15, -0.1) is 0 Å². The van der Waals surface area contributed by atoms with E-state index in [0.717, 1.165) is 24.3 Å². The maximum Gasteiger partial charge on any atom is 0.0935 e. The Hall–Kier alpha value is -0.760. The Bertz CT molecular complexity index is 317. The third-order valence-electron chi connectivity index (χ3n) is 4.03. The molecule has 1 aromatic rings. The van der Waals surface area contributed by atoms with Gasteiger partial charge in [0.1, 0.15) is 0 Å². The van der Waals surface area contributed by atoms with Gasteiger partial charge in [0.05, 0.1) is 18.1 Å². The lowest BCUT2D eigenvalue weighted by Crippen LogP contribution is -2.37. The summed E-state index contributed by atoms with van der Waals surface area (Å²) in [6.07, 6.45) is 9.02. The van der Waals surface area contributed by atoms with Crippen molar-refractivity contribution in [3.05, 3.63) is 24.2 Å². The van der Waals surface area contributed by atoms with Crippen LogP contribution in [0.4, 0.5) is 0 Å². The maximum absolute atomic E-state index is 10.5. The summed E-state index contributed by atoms with van der Waals surface area (Å²) < 4.78 is 5.04. The van der Waals surface area contributed by atoms with Crippen molar-refractivity contribution in [2.45, 2.75) is 37.7 Å². The lowest BCUT2D eigenvalue weighted by Gasteiger charge is -2.32. The Labute approximate surface area is 83.9 Å². The molecule has 2 aliphatic rings. The third kappa shape index (κ3) is 1.21. The van der Waals surface area contributed by atoms with Gasteiger partial charge in [-0.1, -0.05) is 0 Å². The molecule has 0 amide bonds. The van der Waals surface area contributed by atoms with Gasteiger partial charge in [-0.2, -0.15) is 0 Å². The van der Waals surface area contributed by atoms with E-state index in [0.29, 0.717) is 5.92 Å². The fraction of sp³-hybridized carbons (Fsp3) is 0.667. The van der Waals surface area contributed by atoms with Crippen LogP contribution < -0.4 is 0 Å². The van der Waals surface area contributed by atoms with E-state index in [1.54, 1.807) is 12.5 Å². The van der Waals surface area contributed by atoms with Crippen LogP contribution in [0.1, 0.15) is 31.2 Å². The highest BCUT2D eigenvalue weighted by Gasteiger charge is 2.49. The van der Waals surface area contributed by atoms with Gasteiger partial charge in [0.25, 0.3) is 0 Å². The highest BCUT2D eigenvalue weighted by atomic mass is 16.3. The molecule has 3 rings (SSSR count). The Kier molecular flexibility index (Phi) is 1.75. The van der Waals surface area contributed by atoms with Gasteiger partial charge >= 0.3 is 0 Å². The van der Waals surface area contributed by atoms with Crippen LogP contribution in [-0.4, -0.2) is 10.7 Å². The largest absolute Gasteiger partial charge is 0.472 e. The van der Waals surface area contributed by atoms with Crippen molar-refractivity contribution in [3.63, 3.8) is 0 Å². The molecule has 0 aliphatic heterocycles. The van der Waals surface area contributed by atoms with Crippen LogP contribution in [0.15, 0.2) is 23.0 Å². The average molecular weight is 192 g/mol.